The molecule has 0 saturated carbocycles. The molecule has 0 heterocycles. The fourth-order valence-corrected chi connectivity index (χ4v) is 1.14. The minimum Gasteiger partial charge on any atom is -0.479 e. The summed E-state index contributed by atoms with van der Waals surface area (Å²) >= 11 is 0. The zero-order valence-electron chi connectivity index (χ0n) is 7.92. The average Bonchev–Trinajstić information content (AvgIpc) is 2.27. The molecule has 4 N–H and O–H groups in total. The number of carboxylic acid groups (broad SMARTS) is 1. The molecule has 78 valence electrons. The van der Waals surface area contributed by atoms with Crippen molar-refractivity contribution in [1.29, 1.82) is 0 Å². The average molecular weight is 205 g/mol. The molecule has 4 heteroatoms. The van der Waals surface area contributed by atoms with Crippen LogP contribution in [0.3, 0.4) is 0 Å². The molecule has 0 aromatic heterocycles. The highest BCUT2D eigenvalue weighted by atomic mass is 16.4. The largest absolute Gasteiger partial charge is 0.479 e. The van der Waals surface area contributed by atoms with Gasteiger partial charge in [-0.25, -0.2) is 4.79 Å². The quantitative estimate of drug-likeness (QED) is 0.612. The van der Waals surface area contributed by atoms with Gasteiger partial charge in [0.05, 0.1) is 6.04 Å². The Morgan fingerprint density at radius 2 is 1.93 bits per heavy atom. The van der Waals surface area contributed by atoms with E-state index in [1.807, 2.05) is 0 Å². The predicted octanol–water partition coefficient (Wildman–Crippen LogP) is 0.113. The van der Waals surface area contributed by atoms with Crippen LogP contribution in [0.4, 0.5) is 0 Å². The first-order valence-corrected chi connectivity index (χ1v) is 4.29. The third-order valence-corrected chi connectivity index (χ3v) is 2.06. The maximum absolute atomic E-state index is 10.5. The first-order chi connectivity index (χ1) is 7.06. The number of rotatable bonds is 3. The van der Waals surface area contributed by atoms with Crippen LogP contribution in [-0.4, -0.2) is 22.3 Å². The summed E-state index contributed by atoms with van der Waals surface area (Å²) in [4.78, 5) is 10.5. The van der Waals surface area contributed by atoms with Gasteiger partial charge in [0.25, 0.3) is 0 Å². The normalized spacial score (nSPS) is 13.9. The summed E-state index contributed by atoms with van der Waals surface area (Å²) in [6, 6.07) is 5.54. The Kier molecular flexibility index (Phi) is 3.45. The van der Waals surface area contributed by atoms with Gasteiger partial charge in [0, 0.05) is 5.56 Å². The molecule has 15 heavy (non-hydrogen) atoms. The summed E-state index contributed by atoms with van der Waals surface area (Å²) in [7, 11) is 0. The van der Waals surface area contributed by atoms with Gasteiger partial charge in [0.2, 0.25) is 0 Å². The van der Waals surface area contributed by atoms with Crippen molar-refractivity contribution in [3.8, 4) is 12.3 Å². The highest BCUT2D eigenvalue weighted by Crippen LogP contribution is 2.15. The van der Waals surface area contributed by atoms with Crippen LogP contribution in [0.15, 0.2) is 24.3 Å². The molecule has 0 fully saturated rings. The molecule has 0 amide bonds. The number of aliphatic hydroxyl groups is 1. The van der Waals surface area contributed by atoms with Crippen LogP contribution in [0, 0.1) is 12.3 Å². The second-order valence-electron chi connectivity index (χ2n) is 3.08. The Morgan fingerprint density at radius 1 is 1.40 bits per heavy atom. The van der Waals surface area contributed by atoms with Crippen LogP contribution in [0.1, 0.15) is 17.2 Å². The second-order valence-corrected chi connectivity index (χ2v) is 3.08. The molecule has 0 bridgehead atoms. The van der Waals surface area contributed by atoms with E-state index in [9.17, 15) is 9.90 Å². The van der Waals surface area contributed by atoms with Crippen LogP contribution >= 0.6 is 0 Å². The molecule has 1 aromatic rings. The number of carbonyl (C=O) groups is 1. The molecule has 0 saturated heterocycles. The van der Waals surface area contributed by atoms with Crippen molar-refractivity contribution in [2.45, 2.75) is 12.1 Å². The Bertz CT molecular complexity index is 391. The molecule has 4 nitrogen and oxygen atoms in total. The number of carboxylic acids is 1. The Morgan fingerprint density at radius 3 is 2.33 bits per heavy atom. The van der Waals surface area contributed by atoms with E-state index < -0.39 is 18.1 Å². The van der Waals surface area contributed by atoms with Crippen LogP contribution in [0.25, 0.3) is 0 Å². The van der Waals surface area contributed by atoms with Gasteiger partial charge in [0.15, 0.2) is 6.10 Å². The predicted molar refractivity (Wildman–Crippen MR) is 54.9 cm³/mol. The number of hydrogen-bond acceptors (Lipinski definition) is 3. The van der Waals surface area contributed by atoms with E-state index in [2.05, 4.69) is 5.92 Å². The van der Waals surface area contributed by atoms with Crippen LogP contribution in [0.2, 0.25) is 0 Å². The first kappa shape index (κ1) is 11.2. The zero-order valence-corrected chi connectivity index (χ0v) is 7.92. The topological polar surface area (TPSA) is 83.5 Å². The summed E-state index contributed by atoms with van der Waals surface area (Å²) < 4.78 is 0. The second kappa shape index (κ2) is 4.60. The molecule has 0 aliphatic heterocycles. The van der Waals surface area contributed by atoms with Crippen molar-refractivity contribution < 1.29 is 15.0 Å². The SMILES string of the molecule is C#Cc1ccc([C@H](N)[C@@H](O)C(=O)O)cc1. The van der Waals surface area contributed by atoms with Crippen LogP contribution in [0.5, 0.6) is 0 Å². The highest BCUT2D eigenvalue weighted by Gasteiger charge is 2.23. The fraction of sp³-hybridized carbons (Fsp3) is 0.182. The van der Waals surface area contributed by atoms with Crippen molar-refractivity contribution >= 4 is 5.97 Å². The molecule has 0 aliphatic carbocycles. The van der Waals surface area contributed by atoms with E-state index in [-0.39, 0.29) is 0 Å². The van der Waals surface area contributed by atoms with Crippen molar-refractivity contribution in [3.63, 3.8) is 0 Å². The molecule has 0 aliphatic rings. The lowest BCUT2D eigenvalue weighted by Gasteiger charge is -2.15. The number of aliphatic carboxylic acids is 1. The smallest absolute Gasteiger partial charge is 0.334 e. The fourth-order valence-electron chi connectivity index (χ4n) is 1.14. The van der Waals surface area contributed by atoms with Crippen molar-refractivity contribution in [3.05, 3.63) is 35.4 Å². The van der Waals surface area contributed by atoms with Crippen molar-refractivity contribution in [2.75, 3.05) is 0 Å². The Hall–Kier alpha value is -1.83. The van der Waals surface area contributed by atoms with E-state index in [1.54, 1.807) is 24.3 Å². The summed E-state index contributed by atoms with van der Waals surface area (Å²) in [5, 5.41) is 17.8. The summed E-state index contributed by atoms with van der Waals surface area (Å²) in [5.41, 5.74) is 6.76. The first-order valence-electron chi connectivity index (χ1n) is 4.29. The monoisotopic (exact) mass is 205 g/mol. The number of aliphatic hydroxyl groups excluding tert-OH is 1. The Labute approximate surface area is 87.3 Å². The number of nitrogens with two attached hydrogens (primary N) is 1. The van der Waals surface area contributed by atoms with E-state index in [0.29, 0.717) is 11.1 Å². The lowest BCUT2D eigenvalue weighted by Crippen LogP contribution is -2.33. The van der Waals surface area contributed by atoms with Gasteiger partial charge in [-0.2, -0.15) is 0 Å². The molecule has 1 aromatic carbocycles. The van der Waals surface area contributed by atoms with Gasteiger partial charge in [0.1, 0.15) is 0 Å². The molecule has 0 radical (unpaired) electrons. The zero-order chi connectivity index (χ0) is 11.4. The lowest BCUT2D eigenvalue weighted by molar-refractivity contribution is -0.147. The van der Waals surface area contributed by atoms with Crippen LogP contribution in [-0.2, 0) is 4.79 Å². The standard InChI is InChI=1S/C11H11NO3/c1-2-7-3-5-8(6-4-7)9(12)10(13)11(14)15/h1,3-6,9-10,13H,12H2,(H,14,15)/t9-,10+/m0/s1. The third kappa shape index (κ3) is 2.56. The van der Waals surface area contributed by atoms with E-state index in [1.165, 1.54) is 0 Å². The van der Waals surface area contributed by atoms with Gasteiger partial charge < -0.3 is 15.9 Å². The van der Waals surface area contributed by atoms with E-state index >= 15 is 0 Å². The number of hydrogen-bond donors (Lipinski definition) is 3. The van der Waals surface area contributed by atoms with Crippen molar-refractivity contribution in [1.82, 2.24) is 0 Å². The third-order valence-electron chi connectivity index (χ3n) is 2.06. The number of benzene rings is 1. The number of terminal acetylenes is 1. The van der Waals surface area contributed by atoms with Gasteiger partial charge in [-0.15, -0.1) is 6.42 Å². The molecule has 0 unspecified atom stereocenters. The summed E-state index contributed by atoms with van der Waals surface area (Å²) in [5.74, 6) is 1.08. The lowest BCUT2D eigenvalue weighted by atomic mass is 10.0. The van der Waals surface area contributed by atoms with Gasteiger partial charge in [-0.1, -0.05) is 18.1 Å². The molecular weight excluding hydrogens is 194 g/mol. The van der Waals surface area contributed by atoms with Gasteiger partial charge >= 0.3 is 5.97 Å². The maximum atomic E-state index is 10.5. The van der Waals surface area contributed by atoms with E-state index in [4.69, 9.17) is 17.3 Å². The highest BCUT2D eigenvalue weighted by molar-refractivity contribution is 5.73. The van der Waals surface area contributed by atoms with Gasteiger partial charge in [-0.3, -0.25) is 0 Å². The minimum absolute atomic E-state index is 0.531. The van der Waals surface area contributed by atoms with Gasteiger partial charge in [-0.05, 0) is 17.7 Å². The van der Waals surface area contributed by atoms with Crippen molar-refractivity contribution in [2.24, 2.45) is 5.73 Å². The molecule has 0 spiro atoms. The minimum atomic E-state index is -1.61. The molecule has 2 atom stereocenters. The van der Waals surface area contributed by atoms with Crippen LogP contribution < -0.4 is 5.73 Å². The summed E-state index contributed by atoms with van der Waals surface area (Å²) in [6.07, 6.45) is 3.55. The molecular formula is C11H11NO3. The Balaban J connectivity index is 2.88. The summed E-state index contributed by atoms with van der Waals surface area (Å²) in [6.45, 7) is 0. The maximum Gasteiger partial charge on any atom is 0.334 e. The molecule has 1 rings (SSSR count). The van der Waals surface area contributed by atoms with E-state index in [0.717, 1.165) is 0 Å².